The molecule has 0 fully saturated rings. The number of benzene rings is 1. The molecule has 0 radical (unpaired) electrons. The third-order valence-corrected chi connectivity index (χ3v) is 3.07. The standard InChI is InChI=1S/C13H15BrFNO/c1-13(2,9-16)6-7-17-12-10(8-14)4-3-5-11(12)15/h3-5H,6-8H2,1-2H3. The third-order valence-electron chi connectivity index (χ3n) is 2.47. The monoisotopic (exact) mass is 299 g/mol. The quantitative estimate of drug-likeness (QED) is 0.769. The molecule has 0 unspecified atom stereocenters. The summed E-state index contributed by atoms with van der Waals surface area (Å²) in [5, 5.41) is 9.40. The van der Waals surface area contributed by atoms with Crippen molar-refractivity contribution in [3.63, 3.8) is 0 Å². The van der Waals surface area contributed by atoms with Gasteiger partial charge >= 0.3 is 0 Å². The van der Waals surface area contributed by atoms with Crippen molar-refractivity contribution < 1.29 is 9.13 Å². The molecule has 1 rings (SSSR count). The van der Waals surface area contributed by atoms with Gasteiger partial charge in [-0.1, -0.05) is 28.1 Å². The average molecular weight is 300 g/mol. The molecule has 0 aromatic heterocycles. The topological polar surface area (TPSA) is 33.0 Å². The van der Waals surface area contributed by atoms with Crippen LogP contribution in [0.2, 0.25) is 0 Å². The van der Waals surface area contributed by atoms with Gasteiger partial charge in [-0.05, 0) is 26.3 Å². The number of para-hydroxylation sites is 1. The Morgan fingerprint density at radius 1 is 1.47 bits per heavy atom. The minimum absolute atomic E-state index is 0.276. The first-order valence-corrected chi connectivity index (χ1v) is 6.50. The van der Waals surface area contributed by atoms with Gasteiger partial charge in [0.15, 0.2) is 11.6 Å². The van der Waals surface area contributed by atoms with Gasteiger partial charge < -0.3 is 4.74 Å². The Hall–Kier alpha value is -1.08. The van der Waals surface area contributed by atoms with E-state index in [-0.39, 0.29) is 11.6 Å². The molecule has 0 saturated carbocycles. The first-order valence-electron chi connectivity index (χ1n) is 5.37. The van der Waals surface area contributed by atoms with Crippen molar-refractivity contribution >= 4 is 15.9 Å². The molecular weight excluding hydrogens is 285 g/mol. The fourth-order valence-electron chi connectivity index (χ4n) is 1.28. The zero-order valence-corrected chi connectivity index (χ0v) is 11.6. The molecule has 0 spiro atoms. The molecule has 0 heterocycles. The maximum Gasteiger partial charge on any atom is 0.165 e. The van der Waals surface area contributed by atoms with Crippen LogP contribution in [0.4, 0.5) is 4.39 Å². The van der Waals surface area contributed by atoms with Crippen LogP contribution in [0.1, 0.15) is 25.8 Å². The molecule has 0 saturated heterocycles. The van der Waals surface area contributed by atoms with Gasteiger partial charge in [0.2, 0.25) is 0 Å². The Kier molecular flexibility index (Phi) is 4.95. The van der Waals surface area contributed by atoms with E-state index in [4.69, 9.17) is 10.00 Å². The lowest BCUT2D eigenvalue weighted by molar-refractivity contribution is 0.253. The molecule has 92 valence electrons. The van der Waals surface area contributed by atoms with Crippen molar-refractivity contribution in [2.75, 3.05) is 6.61 Å². The van der Waals surface area contributed by atoms with Crippen LogP contribution in [-0.2, 0) is 5.33 Å². The lowest BCUT2D eigenvalue weighted by Gasteiger charge is -2.16. The SMILES string of the molecule is CC(C)(C#N)CCOc1c(F)cccc1CBr. The second kappa shape index (κ2) is 6.02. The predicted molar refractivity (Wildman–Crippen MR) is 68.5 cm³/mol. The first kappa shape index (κ1) is 14.0. The van der Waals surface area contributed by atoms with Crippen molar-refractivity contribution in [1.29, 1.82) is 5.26 Å². The van der Waals surface area contributed by atoms with Crippen LogP contribution >= 0.6 is 15.9 Å². The number of ether oxygens (including phenoxy) is 1. The van der Waals surface area contributed by atoms with Crippen LogP contribution in [0.3, 0.4) is 0 Å². The van der Waals surface area contributed by atoms with Crippen LogP contribution in [-0.4, -0.2) is 6.61 Å². The molecule has 1 aromatic carbocycles. The highest BCUT2D eigenvalue weighted by atomic mass is 79.9. The molecule has 0 aliphatic rings. The van der Waals surface area contributed by atoms with E-state index in [2.05, 4.69) is 22.0 Å². The number of nitriles is 1. The number of nitrogens with zero attached hydrogens (tertiary/aromatic N) is 1. The Bertz CT molecular complexity index is 426. The van der Waals surface area contributed by atoms with Gasteiger partial charge in [0, 0.05) is 10.9 Å². The summed E-state index contributed by atoms with van der Waals surface area (Å²) < 4.78 is 19.0. The lowest BCUT2D eigenvalue weighted by atomic mass is 9.92. The third kappa shape index (κ3) is 4.01. The fourth-order valence-corrected chi connectivity index (χ4v) is 1.73. The summed E-state index contributed by atoms with van der Waals surface area (Å²) in [6, 6.07) is 7.02. The highest BCUT2D eigenvalue weighted by Gasteiger charge is 2.17. The molecule has 1 aromatic rings. The zero-order chi connectivity index (χ0) is 12.9. The Labute approximate surface area is 110 Å². The minimum Gasteiger partial charge on any atom is -0.490 e. The summed E-state index contributed by atoms with van der Waals surface area (Å²) in [5.74, 6) is -0.0881. The molecule has 0 aliphatic carbocycles. The molecule has 4 heteroatoms. The van der Waals surface area contributed by atoms with E-state index in [9.17, 15) is 4.39 Å². The summed E-state index contributed by atoms with van der Waals surface area (Å²) >= 11 is 3.29. The van der Waals surface area contributed by atoms with Gasteiger partial charge in [-0.25, -0.2) is 4.39 Å². The molecule has 0 atom stereocenters. The van der Waals surface area contributed by atoms with Crippen molar-refractivity contribution in [3.05, 3.63) is 29.6 Å². The maximum atomic E-state index is 13.5. The van der Waals surface area contributed by atoms with Gasteiger partial charge in [0.25, 0.3) is 0 Å². The lowest BCUT2D eigenvalue weighted by Crippen LogP contribution is -2.14. The van der Waals surface area contributed by atoms with E-state index >= 15 is 0 Å². The van der Waals surface area contributed by atoms with Gasteiger partial charge in [0.05, 0.1) is 18.1 Å². The van der Waals surface area contributed by atoms with Gasteiger partial charge in [0.1, 0.15) is 0 Å². The van der Waals surface area contributed by atoms with Crippen LogP contribution in [0, 0.1) is 22.6 Å². The van der Waals surface area contributed by atoms with Crippen LogP contribution in [0.15, 0.2) is 18.2 Å². The molecule has 0 bridgehead atoms. The van der Waals surface area contributed by atoms with Gasteiger partial charge in [-0.3, -0.25) is 0 Å². The number of hydrogen-bond acceptors (Lipinski definition) is 2. The summed E-state index contributed by atoms with van der Waals surface area (Å²) in [6.45, 7) is 4.01. The molecular formula is C13H15BrFNO. The number of halogens is 2. The second-order valence-corrected chi connectivity index (χ2v) is 5.02. The molecule has 2 nitrogen and oxygen atoms in total. The van der Waals surface area contributed by atoms with Crippen molar-refractivity contribution in [2.24, 2.45) is 5.41 Å². The summed E-state index contributed by atoms with van der Waals surface area (Å²) in [4.78, 5) is 0. The smallest absolute Gasteiger partial charge is 0.165 e. The van der Waals surface area contributed by atoms with Crippen molar-refractivity contribution in [2.45, 2.75) is 25.6 Å². The molecule has 0 N–H and O–H groups in total. The average Bonchev–Trinajstić information content (AvgIpc) is 2.31. The van der Waals surface area contributed by atoms with E-state index in [1.165, 1.54) is 6.07 Å². The van der Waals surface area contributed by atoms with Crippen molar-refractivity contribution in [3.8, 4) is 11.8 Å². The highest BCUT2D eigenvalue weighted by molar-refractivity contribution is 9.08. The molecule has 0 aliphatic heterocycles. The maximum absolute atomic E-state index is 13.5. The highest BCUT2D eigenvalue weighted by Crippen LogP contribution is 2.26. The van der Waals surface area contributed by atoms with Crippen molar-refractivity contribution in [1.82, 2.24) is 0 Å². The zero-order valence-electron chi connectivity index (χ0n) is 9.96. The van der Waals surface area contributed by atoms with Crippen LogP contribution < -0.4 is 4.74 Å². The Morgan fingerprint density at radius 2 is 2.18 bits per heavy atom. The summed E-state index contributed by atoms with van der Waals surface area (Å²) in [5.41, 5.74) is 0.333. The molecule has 0 amide bonds. The largest absolute Gasteiger partial charge is 0.490 e. The second-order valence-electron chi connectivity index (χ2n) is 4.46. The number of rotatable bonds is 5. The van der Waals surface area contributed by atoms with Crippen LogP contribution in [0.5, 0.6) is 5.75 Å². The van der Waals surface area contributed by atoms with E-state index in [1.807, 2.05) is 19.9 Å². The Balaban J connectivity index is 2.67. The number of hydrogen-bond donors (Lipinski definition) is 0. The van der Waals surface area contributed by atoms with Gasteiger partial charge in [-0.2, -0.15) is 5.26 Å². The first-order chi connectivity index (χ1) is 8.00. The predicted octanol–water partition coefficient (Wildman–Crippen LogP) is 4.04. The Morgan fingerprint density at radius 3 is 2.76 bits per heavy atom. The fraction of sp³-hybridized carbons (Fsp3) is 0.462. The van der Waals surface area contributed by atoms with E-state index < -0.39 is 5.41 Å². The minimum atomic E-state index is -0.445. The summed E-state index contributed by atoms with van der Waals surface area (Å²) in [7, 11) is 0. The van der Waals surface area contributed by atoms with E-state index in [1.54, 1.807) is 6.07 Å². The normalized spacial score (nSPS) is 11.0. The molecule has 17 heavy (non-hydrogen) atoms. The van der Waals surface area contributed by atoms with Crippen LogP contribution in [0.25, 0.3) is 0 Å². The number of alkyl halides is 1. The van der Waals surface area contributed by atoms with E-state index in [0.29, 0.717) is 18.4 Å². The van der Waals surface area contributed by atoms with Gasteiger partial charge in [-0.15, -0.1) is 0 Å². The van der Waals surface area contributed by atoms with E-state index in [0.717, 1.165) is 5.56 Å². The summed E-state index contributed by atoms with van der Waals surface area (Å²) in [6.07, 6.45) is 0.569.